The van der Waals surface area contributed by atoms with Crippen molar-refractivity contribution in [2.75, 3.05) is 26.4 Å². The van der Waals surface area contributed by atoms with Gasteiger partial charge in [-0.15, -0.1) is 0 Å². The molecule has 0 aromatic heterocycles. The monoisotopic (exact) mass is 1450 g/mol. The van der Waals surface area contributed by atoms with Crippen molar-refractivity contribution >= 4 is 5.91 Å². The highest BCUT2D eigenvalue weighted by Gasteiger charge is 2.54. The second-order valence-electron chi connectivity index (χ2n) is 30.3. The van der Waals surface area contributed by atoms with Crippen LogP contribution in [0.2, 0.25) is 0 Å². The van der Waals surface area contributed by atoms with Gasteiger partial charge in [0.05, 0.1) is 38.6 Å². The maximum Gasteiger partial charge on any atom is 0.220 e. The number of nitrogens with one attached hydrogen (secondary N) is 1. The number of unbranched alkanes of at least 4 members (excludes halogenated alkanes) is 48. The zero-order valence-electron chi connectivity index (χ0n) is 64.4. The Hall–Kier alpha value is -1.99. The van der Waals surface area contributed by atoms with E-state index in [1.54, 1.807) is 6.08 Å². The van der Waals surface area contributed by atoms with Gasteiger partial charge < -0.3 is 89.9 Å². The zero-order valence-corrected chi connectivity index (χ0v) is 64.4. The van der Waals surface area contributed by atoms with Crippen molar-refractivity contribution in [1.29, 1.82) is 0 Å². The highest BCUT2D eigenvalue weighted by molar-refractivity contribution is 5.76. The molecule has 3 aliphatic heterocycles. The largest absolute Gasteiger partial charge is 0.394 e. The van der Waals surface area contributed by atoms with Crippen molar-refractivity contribution in [3.8, 4) is 0 Å². The van der Waals surface area contributed by atoms with E-state index in [1.165, 1.54) is 283 Å². The molecule has 1 amide bonds. The van der Waals surface area contributed by atoms with Crippen molar-refractivity contribution in [2.45, 2.75) is 458 Å². The molecule has 19 heteroatoms. The number of carbonyl (C=O) groups excluding carboxylic acids is 1. The lowest BCUT2D eigenvalue weighted by Crippen LogP contribution is -2.66. The quantitative estimate of drug-likeness (QED) is 0.0199. The van der Waals surface area contributed by atoms with Crippen LogP contribution in [0.4, 0.5) is 0 Å². The van der Waals surface area contributed by atoms with Crippen LogP contribution >= 0.6 is 0 Å². The number of hydrogen-bond acceptors (Lipinski definition) is 18. The number of rotatable bonds is 68. The van der Waals surface area contributed by atoms with E-state index in [1.807, 2.05) is 6.08 Å². The first-order valence-corrected chi connectivity index (χ1v) is 42.2. The Balaban J connectivity index is 1.30. The highest BCUT2D eigenvalue weighted by atomic mass is 16.8. The summed E-state index contributed by atoms with van der Waals surface area (Å²) in [7, 11) is 0. The number of hydrogen-bond donors (Lipinski definition) is 12. The summed E-state index contributed by atoms with van der Waals surface area (Å²) in [6.45, 7) is 1.76. The maximum absolute atomic E-state index is 13.5. The van der Waals surface area contributed by atoms with Gasteiger partial charge >= 0.3 is 0 Å². The van der Waals surface area contributed by atoms with E-state index >= 15 is 0 Å². The van der Waals surface area contributed by atoms with Gasteiger partial charge in [0, 0.05) is 6.42 Å². The molecule has 3 heterocycles. The van der Waals surface area contributed by atoms with Crippen LogP contribution in [0.25, 0.3) is 0 Å². The van der Waals surface area contributed by atoms with Crippen LogP contribution in [0.3, 0.4) is 0 Å². The fourth-order valence-electron chi connectivity index (χ4n) is 14.4. The summed E-state index contributed by atoms with van der Waals surface area (Å²) in [6.07, 6.45) is 53.1. The fourth-order valence-corrected chi connectivity index (χ4v) is 14.4. The van der Waals surface area contributed by atoms with E-state index in [2.05, 4.69) is 43.5 Å². The van der Waals surface area contributed by atoms with Crippen molar-refractivity contribution in [1.82, 2.24) is 5.32 Å². The number of aliphatic hydroxyl groups excluding tert-OH is 11. The molecule has 0 saturated carbocycles. The molecule has 19 nitrogen and oxygen atoms in total. The lowest BCUT2D eigenvalue weighted by atomic mass is 9.96. The Bertz CT molecular complexity index is 1980. The number of aliphatic hydroxyl groups is 11. The molecule has 17 unspecified atom stereocenters. The Morgan fingerprint density at radius 3 is 0.980 bits per heavy atom. The van der Waals surface area contributed by atoms with Crippen molar-refractivity contribution in [2.24, 2.45) is 0 Å². The molecule has 0 aromatic rings. The van der Waals surface area contributed by atoms with Gasteiger partial charge in [0.2, 0.25) is 5.91 Å². The zero-order chi connectivity index (χ0) is 73.9. The van der Waals surface area contributed by atoms with E-state index in [0.29, 0.717) is 12.8 Å². The molecule has 0 aromatic carbocycles. The van der Waals surface area contributed by atoms with Crippen LogP contribution in [-0.4, -0.2) is 193 Å². The molecule has 3 saturated heterocycles. The summed E-state index contributed by atoms with van der Waals surface area (Å²) < 4.78 is 34.4. The molecule has 600 valence electrons. The Labute approximate surface area is 619 Å². The Kier molecular flexibility index (Phi) is 59.0. The average Bonchev–Trinajstić information content (AvgIpc) is 0.781. The highest BCUT2D eigenvalue weighted by Crippen LogP contribution is 2.33. The average molecular weight is 1460 g/mol. The molecule has 0 radical (unpaired) electrons. The molecule has 17 atom stereocenters. The van der Waals surface area contributed by atoms with Crippen LogP contribution in [0, 0.1) is 0 Å². The van der Waals surface area contributed by atoms with Crippen molar-refractivity contribution < 1.29 is 89.4 Å². The first-order chi connectivity index (χ1) is 49.8. The Morgan fingerprint density at radius 1 is 0.343 bits per heavy atom. The van der Waals surface area contributed by atoms with E-state index in [9.17, 15) is 61.0 Å². The van der Waals surface area contributed by atoms with E-state index in [4.69, 9.17) is 28.4 Å². The number of amides is 1. The SMILES string of the molecule is CCCCCCCCCC/C=C\CCCCCCCCCCCCCCCCCCCCCCCCCCCCCC(=O)NC(COC1OC(CO)C(OC2OC(CO)C(OC3OC(CO)C(O)C(O)C3O)C(O)C2O)C(O)C1O)C(O)/C=C/CC/C=C/CCCCCCCCCCCCCC. The normalized spacial score (nSPS) is 26.3. The summed E-state index contributed by atoms with van der Waals surface area (Å²) in [4.78, 5) is 13.5. The standard InChI is InChI=1S/C83H155NO18/c1-3-5-7-9-11-13-15-17-19-21-23-24-25-26-27-28-29-30-31-32-33-34-35-36-37-38-39-40-41-42-43-45-47-49-51-53-55-57-59-61-71(89)84-66(67(88)60-58-56-54-52-50-48-46-44-22-20-18-16-14-12-10-8-6-4-2)65-97-81-77(95)74(92)79(69(63-86)99-81)102-83-78(96)75(93)80(70(64-87)100-83)101-82-76(94)73(91)72(90)68(62-85)98-82/h21,23,50,52,58,60,66-70,72-83,85-88,90-96H,3-20,22,24-49,51,53-57,59,61-65H2,1-2H3,(H,84,89)/b23-21-,52-50+,60-58+. The van der Waals surface area contributed by atoms with Crippen LogP contribution < -0.4 is 5.32 Å². The molecule has 3 fully saturated rings. The van der Waals surface area contributed by atoms with Gasteiger partial charge in [-0.05, 0) is 57.8 Å². The lowest BCUT2D eigenvalue weighted by Gasteiger charge is -2.48. The smallest absolute Gasteiger partial charge is 0.220 e. The summed E-state index contributed by atoms with van der Waals surface area (Å²) in [5, 5.41) is 121. The predicted molar refractivity (Wildman–Crippen MR) is 406 cm³/mol. The van der Waals surface area contributed by atoms with Gasteiger partial charge in [0.1, 0.15) is 73.2 Å². The molecule has 3 aliphatic rings. The molecule has 0 spiro atoms. The summed E-state index contributed by atoms with van der Waals surface area (Å²) in [5.74, 6) is -0.278. The molecule has 0 aliphatic carbocycles. The summed E-state index contributed by atoms with van der Waals surface area (Å²) >= 11 is 0. The third kappa shape index (κ3) is 43.3. The van der Waals surface area contributed by atoms with E-state index in [0.717, 1.165) is 38.5 Å². The molecule has 3 rings (SSSR count). The molecular formula is C83H155NO18. The molecule has 102 heavy (non-hydrogen) atoms. The first kappa shape index (κ1) is 94.2. The van der Waals surface area contributed by atoms with Gasteiger partial charge in [-0.1, -0.05) is 326 Å². The minimum absolute atomic E-state index is 0.240. The molecule has 12 N–H and O–H groups in total. The molecular weight excluding hydrogens is 1300 g/mol. The lowest BCUT2D eigenvalue weighted by molar-refractivity contribution is -0.379. The number of carbonyl (C=O) groups is 1. The topological polar surface area (TPSA) is 307 Å². The van der Waals surface area contributed by atoms with Crippen LogP contribution in [-0.2, 0) is 33.2 Å². The maximum atomic E-state index is 13.5. The number of allylic oxidation sites excluding steroid dienone is 5. The van der Waals surface area contributed by atoms with Gasteiger partial charge in [-0.3, -0.25) is 4.79 Å². The minimum atomic E-state index is -1.98. The third-order valence-electron chi connectivity index (χ3n) is 21.2. The van der Waals surface area contributed by atoms with Gasteiger partial charge in [-0.2, -0.15) is 0 Å². The van der Waals surface area contributed by atoms with E-state index in [-0.39, 0.29) is 18.9 Å². The third-order valence-corrected chi connectivity index (χ3v) is 21.2. The van der Waals surface area contributed by atoms with Gasteiger partial charge in [0.25, 0.3) is 0 Å². The first-order valence-electron chi connectivity index (χ1n) is 42.2. The van der Waals surface area contributed by atoms with Crippen LogP contribution in [0.15, 0.2) is 36.5 Å². The second kappa shape index (κ2) is 63.9. The molecule has 0 bridgehead atoms. The van der Waals surface area contributed by atoms with Crippen molar-refractivity contribution in [3.05, 3.63) is 36.5 Å². The van der Waals surface area contributed by atoms with E-state index < -0.39 is 124 Å². The van der Waals surface area contributed by atoms with Crippen LogP contribution in [0.5, 0.6) is 0 Å². The minimum Gasteiger partial charge on any atom is -0.394 e. The van der Waals surface area contributed by atoms with Crippen LogP contribution in [0.1, 0.15) is 354 Å². The second-order valence-corrected chi connectivity index (χ2v) is 30.3. The van der Waals surface area contributed by atoms with Gasteiger partial charge in [0.15, 0.2) is 18.9 Å². The van der Waals surface area contributed by atoms with Crippen molar-refractivity contribution in [3.63, 3.8) is 0 Å². The number of ether oxygens (including phenoxy) is 6. The summed E-state index contributed by atoms with van der Waals surface area (Å²) in [6, 6.07) is -0.989. The summed E-state index contributed by atoms with van der Waals surface area (Å²) in [5.41, 5.74) is 0. The Morgan fingerprint density at radius 2 is 0.627 bits per heavy atom. The van der Waals surface area contributed by atoms with Gasteiger partial charge in [-0.25, -0.2) is 0 Å². The fraction of sp³-hybridized carbons (Fsp3) is 0.916. The predicted octanol–water partition coefficient (Wildman–Crippen LogP) is 14.7.